The molecule has 0 aliphatic carbocycles. The van der Waals surface area contributed by atoms with E-state index in [1.165, 1.54) is 0 Å². The van der Waals surface area contributed by atoms with Gasteiger partial charge in [-0.2, -0.15) is 0 Å². The highest BCUT2D eigenvalue weighted by Gasteiger charge is 2.17. The summed E-state index contributed by atoms with van der Waals surface area (Å²) in [7, 11) is 0. The van der Waals surface area contributed by atoms with Gasteiger partial charge in [0.25, 0.3) is 5.91 Å². The summed E-state index contributed by atoms with van der Waals surface area (Å²) in [6.45, 7) is 7.69. The molecule has 2 aromatic carbocycles. The number of nitrogens with two attached hydrogens (primary N) is 1. The highest BCUT2D eigenvalue weighted by Crippen LogP contribution is 2.30. The van der Waals surface area contributed by atoms with Gasteiger partial charge in [0.1, 0.15) is 11.3 Å². The van der Waals surface area contributed by atoms with E-state index in [1.807, 2.05) is 42.5 Å². The number of nitrogen functional groups attached to an aromatic ring is 1. The molecule has 6 nitrogen and oxygen atoms in total. The maximum atomic E-state index is 12.4. The van der Waals surface area contributed by atoms with Crippen LogP contribution in [-0.4, -0.2) is 27.0 Å². The van der Waals surface area contributed by atoms with E-state index in [1.54, 1.807) is 0 Å². The minimum atomic E-state index is -0.0354. The summed E-state index contributed by atoms with van der Waals surface area (Å²) in [6, 6.07) is 15.9. The average molecular weight is 430 g/mol. The fourth-order valence-corrected chi connectivity index (χ4v) is 3.94. The maximum Gasteiger partial charge on any atom is 0.251 e. The number of fused-ring (bicyclic) bond motifs is 3. The Balaban J connectivity index is 1.72. The van der Waals surface area contributed by atoms with Gasteiger partial charge in [-0.3, -0.25) is 4.79 Å². The molecule has 166 valence electrons. The number of imidazole rings is 1. The number of carbonyl (C=O) groups is 1. The molecule has 0 atom stereocenters. The highest BCUT2D eigenvalue weighted by molar-refractivity contribution is 6.06. The highest BCUT2D eigenvalue weighted by atomic mass is 16.1. The third-order valence-electron chi connectivity index (χ3n) is 5.67. The normalized spacial score (nSPS) is 11.5. The summed E-state index contributed by atoms with van der Waals surface area (Å²) in [5.74, 6) is 1.87. The van der Waals surface area contributed by atoms with Crippen molar-refractivity contribution in [3.8, 4) is 0 Å². The molecular weight excluding hydrogens is 398 g/mol. The Morgan fingerprint density at radius 3 is 2.56 bits per heavy atom. The van der Waals surface area contributed by atoms with Crippen LogP contribution in [-0.2, 0) is 13.0 Å². The van der Waals surface area contributed by atoms with Gasteiger partial charge in [0, 0.05) is 30.5 Å². The number of anilines is 1. The van der Waals surface area contributed by atoms with Crippen molar-refractivity contribution < 1.29 is 4.79 Å². The second-order valence-corrected chi connectivity index (χ2v) is 8.73. The molecule has 4 rings (SSSR count). The summed E-state index contributed by atoms with van der Waals surface area (Å²) in [5.41, 5.74) is 10.7. The molecule has 0 saturated carbocycles. The van der Waals surface area contributed by atoms with Gasteiger partial charge in [-0.1, -0.05) is 57.5 Å². The van der Waals surface area contributed by atoms with Crippen LogP contribution in [0, 0.1) is 5.92 Å². The third kappa shape index (κ3) is 4.44. The monoisotopic (exact) mass is 429 g/mol. The molecule has 32 heavy (non-hydrogen) atoms. The summed E-state index contributed by atoms with van der Waals surface area (Å²) in [6.07, 6.45) is 3.04. The van der Waals surface area contributed by atoms with Crippen molar-refractivity contribution in [2.45, 2.75) is 46.6 Å². The summed E-state index contributed by atoms with van der Waals surface area (Å²) >= 11 is 0. The Bertz CT molecular complexity index is 1240. The first-order chi connectivity index (χ1) is 15.5. The van der Waals surface area contributed by atoms with Crippen LogP contribution < -0.4 is 11.1 Å². The molecule has 0 saturated heterocycles. The van der Waals surface area contributed by atoms with Crippen LogP contribution in [0.4, 0.5) is 5.82 Å². The number of unbranched alkanes of at least 4 members (excludes halogenated alkanes) is 1. The summed E-state index contributed by atoms with van der Waals surface area (Å²) < 4.78 is 2.26. The fourth-order valence-electron chi connectivity index (χ4n) is 3.94. The fraction of sp³-hybridized carbons (Fsp3) is 0.346. The number of pyridine rings is 1. The van der Waals surface area contributed by atoms with E-state index < -0.39 is 0 Å². The molecule has 2 aromatic heterocycles. The number of hydrogen-bond acceptors (Lipinski definition) is 4. The molecule has 1 amide bonds. The van der Waals surface area contributed by atoms with E-state index >= 15 is 0 Å². The molecule has 4 aromatic rings. The van der Waals surface area contributed by atoms with E-state index in [2.05, 4.69) is 41.7 Å². The quantitative estimate of drug-likeness (QED) is 0.415. The Labute approximate surface area is 188 Å². The van der Waals surface area contributed by atoms with Crippen LogP contribution in [0.2, 0.25) is 0 Å². The summed E-state index contributed by atoms with van der Waals surface area (Å²) in [5, 5.41) is 4.02. The van der Waals surface area contributed by atoms with Crippen molar-refractivity contribution in [2.24, 2.45) is 5.92 Å². The van der Waals surface area contributed by atoms with Crippen molar-refractivity contribution in [1.29, 1.82) is 0 Å². The molecule has 0 fully saturated rings. The van der Waals surface area contributed by atoms with E-state index in [4.69, 9.17) is 10.7 Å². The summed E-state index contributed by atoms with van der Waals surface area (Å²) in [4.78, 5) is 21.8. The minimum absolute atomic E-state index is 0.0354. The van der Waals surface area contributed by atoms with Crippen molar-refractivity contribution in [1.82, 2.24) is 19.9 Å². The van der Waals surface area contributed by atoms with Gasteiger partial charge in [-0.25, -0.2) is 9.97 Å². The van der Waals surface area contributed by atoms with Crippen molar-refractivity contribution in [2.75, 3.05) is 12.3 Å². The third-order valence-corrected chi connectivity index (χ3v) is 5.67. The number of nitrogens with one attached hydrogen (secondary N) is 1. The standard InChI is InChI=1S/C26H31N5O/c1-4-5-10-22-30-23-24(20-8-6-7-9-21(20)29-25(23)27)31(22)16-18-11-13-19(14-12-18)26(32)28-15-17(2)3/h6-9,11-14,17H,4-5,10,15-16H2,1-3H3,(H2,27,29)(H,28,32). The van der Waals surface area contributed by atoms with Gasteiger partial charge in [0.05, 0.1) is 11.0 Å². The number of amides is 1. The van der Waals surface area contributed by atoms with Crippen molar-refractivity contribution in [3.05, 3.63) is 65.5 Å². The van der Waals surface area contributed by atoms with Crippen LogP contribution in [0.5, 0.6) is 0 Å². The molecule has 6 heteroatoms. The Hall–Kier alpha value is -3.41. The van der Waals surface area contributed by atoms with E-state index in [0.717, 1.165) is 52.6 Å². The van der Waals surface area contributed by atoms with Crippen LogP contribution in [0.3, 0.4) is 0 Å². The van der Waals surface area contributed by atoms with Gasteiger partial charge in [0.15, 0.2) is 5.82 Å². The predicted octanol–water partition coefficient (Wildman–Crippen LogP) is 4.94. The van der Waals surface area contributed by atoms with Crippen LogP contribution in [0.1, 0.15) is 55.4 Å². The van der Waals surface area contributed by atoms with Crippen molar-refractivity contribution >= 4 is 33.7 Å². The zero-order valence-electron chi connectivity index (χ0n) is 19.1. The molecule has 0 bridgehead atoms. The lowest BCUT2D eigenvalue weighted by atomic mass is 10.1. The molecule has 0 unspecified atom stereocenters. The maximum absolute atomic E-state index is 12.4. The van der Waals surface area contributed by atoms with Crippen LogP contribution >= 0.6 is 0 Å². The van der Waals surface area contributed by atoms with E-state index in [-0.39, 0.29) is 5.91 Å². The molecule has 0 spiro atoms. The van der Waals surface area contributed by atoms with Crippen LogP contribution in [0.15, 0.2) is 48.5 Å². The number of hydrogen-bond donors (Lipinski definition) is 2. The first-order valence-electron chi connectivity index (χ1n) is 11.4. The Kier molecular flexibility index (Phi) is 6.40. The number of aromatic nitrogens is 3. The number of rotatable bonds is 8. The largest absolute Gasteiger partial charge is 0.382 e. The minimum Gasteiger partial charge on any atom is -0.382 e. The zero-order valence-corrected chi connectivity index (χ0v) is 19.1. The molecule has 0 aliphatic rings. The molecule has 0 radical (unpaired) electrons. The number of para-hydroxylation sites is 1. The predicted molar refractivity (Wildman–Crippen MR) is 131 cm³/mol. The molecule has 2 heterocycles. The lowest BCUT2D eigenvalue weighted by molar-refractivity contribution is 0.0949. The SMILES string of the molecule is CCCCc1nc2c(N)nc3ccccc3c2n1Cc1ccc(C(=O)NCC(C)C)cc1. The molecular formula is C26H31N5O. The average Bonchev–Trinajstić information content (AvgIpc) is 3.15. The van der Waals surface area contributed by atoms with Gasteiger partial charge < -0.3 is 15.6 Å². The smallest absolute Gasteiger partial charge is 0.251 e. The van der Waals surface area contributed by atoms with Gasteiger partial charge >= 0.3 is 0 Å². The zero-order chi connectivity index (χ0) is 22.7. The van der Waals surface area contributed by atoms with Gasteiger partial charge in [0.2, 0.25) is 0 Å². The second-order valence-electron chi connectivity index (χ2n) is 8.73. The first kappa shape index (κ1) is 21.8. The lowest BCUT2D eigenvalue weighted by Crippen LogP contribution is -2.27. The first-order valence-corrected chi connectivity index (χ1v) is 11.4. The van der Waals surface area contributed by atoms with Gasteiger partial charge in [-0.05, 0) is 36.1 Å². The van der Waals surface area contributed by atoms with Crippen LogP contribution in [0.25, 0.3) is 21.9 Å². The lowest BCUT2D eigenvalue weighted by Gasteiger charge is -2.12. The number of nitrogens with zero attached hydrogens (tertiary/aromatic N) is 3. The topological polar surface area (TPSA) is 85.8 Å². The Morgan fingerprint density at radius 1 is 1.09 bits per heavy atom. The number of benzene rings is 2. The number of carbonyl (C=O) groups excluding carboxylic acids is 1. The Morgan fingerprint density at radius 2 is 1.84 bits per heavy atom. The molecule has 0 aliphatic heterocycles. The second kappa shape index (κ2) is 9.39. The number of aryl methyl sites for hydroxylation is 1. The van der Waals surface area contributed by atoms with Crippen molar-refractivity contribution in [3.63, 3.8) is 0 Å². The van der Waals surface area contributed by atoms with Gasteiger partial charge in [-0.15, -0.1) is 0 Å². The van der Waals surface area contributed by atoms with E-state index in [9.17, 15) is 4.79 Å². The van der Waals surface area contributed by atoms with E-state index in [0.29, 0.717) is 30.4 Å². The molecule has 3 N–H and O–H groups in total.